The number of allylic oxidation sites excluding steroid dienone is 6. The fourth-order valence-electron chi connectivity index (χ4n) is 9.61. The van der Waals surface area contributed by atoms with E-state index >= 15 is 0 Å². The molecule has 0 aromatic rings. The van der Waals surface area contributed by atoms with Gasteiger partial charge in [0.2, 0.25) is 5.79 Å². The molecule has 3 heterocycles. The molecular weight excluding hydrogens is 811 g/mol. The zero-order valence-corrected chi connectivity index (χ0v) is 38.7. The number of ketones is 3. The summed E-state index contributed by atoms with van der Waals surface area (Å²) in [4.78, 5) is 71.2. The highest BCUT2D eigenvalue weighted by atomic mass is 16.6. The van der Waals surface area contributed by atoms with E-state index in [1.54, 1.807) is 58.9 Å². The van der Waals surface area contributed by atoms with Crippen molar-refractivity contribution < 1.29 is 63.7 Å². The van der Waals surface area contributed by atoms with Crippen LogP contribution >= 0.6 is 0 Å². The highest BCUT2D eigenvalue weighted by Crippen LogP contribution is 2.37. The highest BCUT2D eigenvalue weighted by molar-refractivity contribution is 6.39. The third kappa shape index (κ3) is 13.8. The number of esters is 1. The molecule has 0 spiro atoms. The van der Waals surface area contributed by atoms with Gasteiger partial charge in [0.1, 0.15) is 30.1 Å². The van der Waals surface area contributed by atoms with E-state index in [2.05, 4.69) is 0 Å². The molecule has 4 rings (SSSR count). The maximum absolute atomic E-state index is 14.2. The Balaban J connectivity index is 1.69. The predicted molar refractivity (Wildman–Crippen MR) is 236 cm³/mol. The zero-order valence-electron chi connectivity index (χ0n) is 38.7. The Hall–Kier alpha value is -3.37. The summed E-state index contributed by atoms with van der Waals surface area (Å²) in [6.45, 7) is 12.3. The van der Waals surface area contributed by atoms with Gasteiger partial charge in [-0.25, -0.2) is 4.79 Å². The molecule has 1 saturated carbocycles. The van der Waals surface area contributed by atoms with Gasteiger partial charge in [0.05, 0.1) is 24.4 Å². The number of hydrogen-bond donors (Lipinski definition) is 5. The normalized spacial score (nSPS) is 41.3. The van der Waals surface area contributed by atoms with Crippen LogP contribution in [0, 0.1) is 35.5 Å². The van der Waals surface area contributed by atoms with E-state index in [0.717, 1.165) is 4.90 Å². The molecular formula is C49H75NO13. The van der Waals surface area contributed by atoms with Crippen LogP contribution < -0.4 is 0 Å². The summed E-state index contributed by atoms with van der Waals surface area (Å²) in [5.41, 5.74) is 0.978. The molecule has 0 radical (unpaired) electrons. The molecule has 3 aliphatic heterocycles. The summed E-state index contributed by atoms with van der Waals surface area (Å²) in [6, 6.07) is -1.18. The Bertz CT molecular complexity index is 1720. The van der Waals surface area contributed by atoms with E-state index in [9.17, 15) is 49.5 Å². The topological polar surface area (TPSA) is 217 Å². The highest BCUT2D eigenvalue weighted by Gasteiger charge is 2.53. The minimum Gasteiger partial charge on any atom is -0.460 e. The monoisotopic (exact) mass is 886 g/mol. The van der Waals surface area contributed by atoms with Crippen LogP contribution in [-0.2, 0) is 38.2 Å². The molecule has 0 aromatic heterocycles. The Kier molecular flexibility index (Phi) is 19.7. The van der Waals surface area contributed by atoms with Crippen LogP contribution in [-0.4, -0.2) is 128 Å². The number of rotatable bonds is 4. The standard InChI is InChI=1S/C49H75NO13/c1-28-14-10-9-11-15-29(2)39(52)26-36-19-17-34(7)49(60,63-36)46(57)47(58)50-21-13-12-16-37(50)48(59)62-42(31(4)24-35-18-20-38(51)41(54)25-35)27-40(53)30(3)23-33(6)44(56)45(61-8)43(55)32(5)22-28/h9-11,14-15,23,28,30-32,34-39,41-42,44-45,51-52,54,56,60H,12-13,16-22,24-27H2,1-8H3/b11-9+,14-10+,29-15+,33-23+. The maximum atomic E-state index is 14.2. The van der Waals surface area contributed by atoms with Gasteiger partial charge in [-0.15, -0.1) is 0 Å². The van der Waals surface area contributed by atoms with Gasteiger partial charge >= 0.3 is 5.97 Å². The van der Waals surface area contributed by atoms with Crippen LogP contribution in [0.1, 0.15) is 126 Å². The van der Waals surface area contributed by atoms with E-state index < -0.39 is 95.9 Å². The van der Waals surface area contributed by atoms with E-state index in [-0.39, 0.29) is 49.2 Å². The number of cyclic esters (lactones) is 1. The Labute approximate surface area is 373 Å². The molecule has 1 amide bonds. The second kappa shape index (κ2) is 23.7. The smallest absolute Gasteiger partial charge is 0.329 e. The molecule has 2 saturated heterocycles. The van der Waals surface area contributed by atoms with Crippen LogP contribution in [0.5, 0.6) is 0 Å². The predicted octanol–water partition coefficient (Wildman–Crippen LogP) is 4.87. The number of carbonyl (C=O) groups excluding carboxylic acids is 5. The number of fused-ring (bicyclic) bond motifs is 3. The second-order valence-electron chi connectivity index (χ2n) is 19.2. The fourth-order valence-corrected chi connectivity index (χ4v) is 9.61. The van der Waals surface area contributed by atoms with Crippen LogP contribution in [0.25, 0.3) is 0 Å². The SMILES string of the molecule is COC1C(=O)C(C)CC(C)/C=C/C=C/C=C(\C)C(O)CC2CCC(C)C(O)(O2)C(=O)C(=O)N2CCCCC2C(=O)OC(C(C)CC2CCC(O)C(O)C2)CC(=O)C(C)/C=C(\C)C1O. The molecule has 14 heteroatoms. The molecule has 14 nitrogen and oxygen atoms in total. The number of ether oxygens (including phenoxy) is 3. The van der Waals surface area contributed by atoms with Crippen molar-refractivity contribution in [3.63, 3.8) is 0 Å². The lowest BCUT2D eigenvalue weighted by Crippen LogP contribution is -2.61. The van der Waals surface area contributed by atoms with Gasteiger partial charge < -0.3 is 44.6 Å². The quantitative estimate of drug-likeness (QED) is 0.145. The minimum atomic E-state index is -2.49. The van der Waals surface area contributed by atoms with Crippen LogP contribution in [0.4, 0.5) is 0 Å². The number of Topliss-reactive ketones (excluding diaryl/α,β-unsaturated/α-hetero) is 3. The van der Waals surface area contributed by atoms with Crippen molar-refractivity contribution in [2.24, 2.45) is 35.5 Å². The third-order valence-corrected chi connectivity index (χ3v) is 13.9. The van der Waals surface area contributed by atoms with Gasteiger partial charge in [-0.05, 0) is 107 Å². The van der Waals surface area contributed by atoms with Gasteiger partial charge in [-0.2, -0.15) is 0 Å². The fraction of sp³-hybridized carbons (Fsp3) is 0.735. The third-order valence-electron chi connectivity index (χ3n) is 13.9. The second-order valence-corrected chi connectivity index (χ2v) is 19.2. The summed E-state index contributed by atoms with van der Waals surface area (Å²) in [5, 5.41) is 54.8. The average molecular weight is 886 g/mol. The molecule has 1 aliphatic carbocycles. The molecule has 2 bridgehead atoms. The Morgan fingerprint density at radius 1 is 0.857 bits per heavy atom. The van der Waals surface area contributed by atoms with E-state index in [1.807, 2.05) is 26.0 Å². The van der Waals surface area contributed by atoms with Crippen molar-refractivity contribution >= 4 is 29.2 Å². The molecule has 3 fully saturated rings. The lowest BCUT2D eigenvalue weighted by Gasteiger charge is -2.42. The first-order chi connectivity index (χ1) is 29.7. The van der Waals surface area contributed by atoms with Crippen molar-refractivity contribution in [1.82, 2.24) is 4.90 Å². The number of piperidine rings is 1. The number of hydrogen-bond acceptors (Lipinski definition) is 13. The van der Waals surface area contributed by atoms with Gasteiger partial charge in [0.25, 0.3) is 11.7 Å². The van der Waals surface area contributed by atoms with Gasteiger partial charge in [0, 0.05) is 44.2 Å². The summed E-state index contributed by atoms with van der Waals surface area (Å²) >= 11 is 0. The Morgan fingerprint density at radius 2 is 1.57 bits per heavy atom. The molecule has 0 aromatic carbocycles. The first-order valence-electron chi connectivity index (χ1n) is 23.2. The summed E-state index contributed by atoms with van der Waals surface area (Å²) in [6.07, 6.45) is 7.96. The summed E-state index contributed by atoms with van der Waals surface area (Å²) in [7, 11) is 1.36. The number of nitrogens with zero attached hydrogens (tertiary/aromatic N) is 1. The van der Waals surface area contributed by atoms with E-state index in [4.69, 9.17) is 14.2 Å². The zero-order chi connectivity index (χ0) is 46.8. The molecule has 4 aliphatic rings. The van der Waals surface area contributed by atoms with Crippen molar-refractivity contribution in [3.8, 4) is 0 Å². The number of aliphatic hydroxyl groups is 5. The average Bonchev–Trinajstić information content (AvgIpc) is 3.24. The minimum absolute atomic E-state index is 0.0108. The van der Waals surface area contributed by atoms with E-state index in [1.165, 1.54) is 7.11 Å². The lowest BCUT2D eigenvalue weighted by atomic mass is 9.78. The molecule has 15 atom stereocenters. The lowest BCUT2D eigenvalue weighted by molar-refractivity contribution is -0.265. The van der Waals surface area contributed by atoms with E-state index in [0.29, 0.717) is 68.9 Å². The van der Waals surface area contributed by atoms with Crippen LogP contribution in [0.3, 0.4) is 0 Å². The largest absolute Gasteiger partial charge is 0.460 e. The van der Waals surface area contributed by atoms with Gasteiger partial charge in [-0.1, -0.05) is 71.1 Å². The first kappa shape index (κ1) is 52.3. The number of methoxy groups -OCH3 is 1. The van der Waals surface area contributed by atoms with Gasteiger partial charge in [0.15, 0.2) is 5.78 Å². The molecule has 354 valence electrons. The maximum Gasteiger partial charge on any atom is 0.329 e. The van der Waals surface area contributed by atoms with Crippen molar-refractivity contribution in [1.29, 1.82) is 0 Å². The van der Waals surface area contributed by atoms with Crippen molar-refractivity contribution in [3.05, 3.63) is 47.6 Å². The number of aliphatic hydroxyl groups excluding tert-OH is 4. The summed E-state index contributed by atoms with van der Waals surface area (Å²) in [5.74, 6) is -8.57. The van der Waals surface area contributed by atoms with Crippen molar-refractivity contribution in [2.45, 2.75) is 180 Å². The van der Waals surface area contributed by atoms with Crippen molar-refractivity contribution in [2.75, 3.05) is 13.7 Å². The van der Waals surface area contributed by atoms with Crippen LogP contribution in [0.15, 0.2) is 47.6 Å². The summed E-state index contributed by atoms with van der Waals surface area (Å²) < 4.78 is 17.7. The molecule has 5 N–H and O–H groups in total. The Morgan fingerprint density at radius 3 is 2.25 bits per heavy atom. The van der Waals surface area contributed by atoms with Gasteiger partial charge in [-0.3, -0.25) is 19.2 Å². The number of carbonyl (C=O) groups is 5. The molecule has 15 unspecified atom stereocenters. The number of amides is 1. The molecule has 63 heavy (non-hydrogen) atoms. The van der Waals surface area contributed by atoms with Crippen LogP contribution in [0.2, 0.25) is 0 Å². The first-order valence-corrected chi connectivity index (χ1v) is 23.2.